The van der Waals surface area contributed by atoms with E-state index in [1.165, 1.54) is 24.3 Å². The van der Waals surface area contributed by atoms with Crippen molar-refractivity contribution in [3.8, 4) is 5.75 Å². The summed E-state index contributed by atoms with van der Waals surface area (Å²) in [5.74, 6) is 0.137. The second-order valence-corrected chi connectivity index (χ2v) is 9.07. The smallest absolute Gasteiger partial charge is 0.260 e. The van der Waals surface area contributed by atoms with Crippen LogP contribution in [0.3, 0.4) is 0 Å². The molecule has 3 rings (SSSR count). The van der Waals surface area contributed by atoms with E-state index < -0.39 is 0 Å². The summed E-state index contributed by atoms with van der Waals surface area (Å²) in [4.78, 5) is 29.0. The fraction of sp³-hybridized carbons (Fsp3) is 0.440. The number of ether oxygens (including phenoxy) is 1. The highest BCUT2D eigenvalue weighted by Gasteiger charge is 2.24. The molecular weight excluding hydrogens is 395 g/mol. The molecule has 0 saturated carbocycles. The number of carbonyl (C=O) groups is 2. The van der Waals surface area contributed by atoms with Crippen LogP contribution >= 0.6 is 0 Å². The fourth-order valence-electron chi connectivity index (χ4n) is 3.73. The molecule has 2 amide bonds. The Morgan fingerprint density at radius 3 is 2.29 bits per heavy atom. The molecule has 0 atom stereocenters. The predicted molar refractivity (Wildman–Crippen MR) is 119 cm³/mol. The molecule has 0 unspecified atom stereocenters. The molecule has 0 spiro atoms. The minimum Gasteiger partial charge on any atom is -0.483 e. The lowest BCUT2D eigenvalue weighted by atomic mass is 9.85. The molecule has 1 fully saturated rings. The molecule has 31 heavy (non-hydrogen) atoms. The van der Waals surface area contributed by atoms with Crippen LogP contribution in [0, 0.1) is 12.7 Å². The molecular formula is C25H31FN2O3. The lowest BCUT2D eigenvalue weighted by molar-refractivity contribution is -0.133. The maximum absolute atomic E-state index is 13.1. The molecule has 1 aliphatic heterocycles. The molecule has 0 radical (unpaired) electrons. The first-order chi connectivity index (χ1) is 14.6. The summed E-state index contributed by atoms with van der Waals surface area (Å²) in [7, 11) is 0. The molecule has 166 valence electrons. The number of amides is 2. The van der Waals surface area contributed by atoms with Gasteiger partial charge in [-0.15, -0.1) is 0 Å². The second-order valence-electron chi connectivity index (χ2n) is 9.07. The predicted octanol–water partition coefficient (Wildman–Crippen LogP) is 4.19. The van der Waals surface area contributed by atoms with Crippen molar-refractivity contribution in [2.45, 2.75) is 39.5 Å². The first kappa shape index (κ1) is 22.8. The minimum atomic E-state index is -0.368. The highest BCUT2D eigenvalue weighted by atomic mass is 19.1. The van der Waals surface area contributed by atoms with Crippen molar-refractivity contribution < 1.29 is 18.7 Å². The van der Waals surface area contributed by atoms with E-state index in [1.54, 1.807) is 9.80 Å². The SMILES string of the molecule is Cc1ccc(OCC(=O)N2CCCN(C(=O)c3ccc(F)cc3)CC2)c(C(C)(C)C)c1. The Hall–Kier alpha value is -2.89. The van der Waals surface area contributed by atoms with E-state index in [1.807, 2.05) is 19.1 Å². The van der Waals surface area contributed by atoms with Gasteiger partial charge in [-0.3, -0.25) is 9.59 Å². The zero-order valence-corrected chi connectivity index (χ0v) is 18.8. The van der Waals surface area contributed by atoms with Crippen molar-refractivity contribution >= 4 is 11.8 Å². The van der Waals surface area contributed by atoms with Crippen molar-refractivity contribution in [3.63, 3.8) is 0 Å². The third-order valence-electron chi connectivity index (χ3n) is 5.52. The van der Waals surface area contributed by atoms with E-state index in [9.17, 15) is 14.0 Å². The van der Waals surface area contributed by atoms with Gasteiger partial charge in [-0.25, -0.2) is 4.39 Å². The summed E-state index contributed by atoms with van der Waals surface area (Å²) in [6.45, 7) is 10.4. The highest BCUT2D eigenvalue weighted by Crippen LogP contribution is 2.32. The fourth-order valence-corrected chi connectivity index (χ4v) is 3.73. The molecule has 2 aromatic carbocycles. The standard InChI is InChI=1S/C25H31FN2O3/c1-18-6-11-22(21(16-18)25(2,3)4)31-17-23(29)27-12-5-13-28(15-14-27)24(30)19-7-9-20(26)10-8-19/h6-11,16H,5,12-15,17H2,1-4H3. The van der Waals surface area contributed by atoms with Gasteiger partial charge in [-0.2, -0.15) is 0 Å². The van der Waals surface area contributed by atoms with Crippen molar-refractivity contribution in [1.29, 1.82) is 0 Å². The van der Waals surface area contributed by atoms with Gasteiger partial charge < -0.3 is 14.5 Å². The number of rotatable bonds is 4. The molecule has 1 aliphatic rings. The molecule has 2 aromatic rings. The number of hydrogen-bond acceptors (Lipinski definition) is 3. The van der Waals surface area contributed by atoms with Crippen molar-refractivity contribution in [3.05, 3.63) is 65.0 Å². The summed E-state index contributed by atoms with van der Waals surface area (Å²) in [5, 5.41) is 0. The van der Waals surface area contributed by atoms with Gasteiger partial charge in [0.15, 0.2) is 6.61 Å². The van der Waals surface area contributed by atoms with Crippen LogP contribution in [0.5, 0.6) is 5.75 Å². The quantitative estimate of drug-likeness (QED) is 0.737. The molecule has 6 heteroatoms. The Labute approximate surface area is 183 Å². The van der Waals surface area contributed by atoms with Crippen LogP contribution in [0.4, 0.5) is 4.39 Å². The van der Waals surface area contributed by atoms with E-state index in [0.29, 0.717) is 38.2 Å². The van der Waals surface area contributed by atoms with Gasteiger partial charge >= 0.3 is 0 Å². The number of halogens is 1. The van der Waals surface area contributed by atoms with Crippen LogP contribution in [0.15, 0.2) is 42.5 Å². The lowest BCUT2D eigenvalue weighted by Crippen LogP contribution is -2.39. The van der Waals surface area contributed by atoms with Crippen LogP contribution < -0.4 is 4.74 Å². The largest absolute Gasteiger partial charge is 0.483 e. The Morgan fingerprint density at radius 1 is 0.968 bits per heavy atom. The summed E-state index contributed by atoms with van der Waals surface area (Å²) >= 11 is 0. The molecule has 0 N–H and O–H groups in total. The second kappa shape index (κ2) is 9.50. The summed E-state index contributed by atoms with van der Waals surface area (Å²) in [6.07, 6.45) is 0.691. The Bertz CT molecular complexity index is 935. The number of carbonyl (C=O) groups excluding carboxylic acids is 2. The number of hydrogen-bond donors (Lipinski definition) is 0. The molecule has 0 aromatic heterocycles. The molecule has 0 aliphatic carbocycles. The molecule has 5 nitrogen and oxygen atoms in total. The van der Waals surface area contributed by atoms with Gasteiger partial charge in [-0.1, -0.05) is 38.5 Å². The molecule has 0 bridgehead atoms. The summed E-state index contributed by atoms with van der Waals surface area (Å²) in [6, 6.07) is 11.6. The lowest BCUT2D eigenvalue weighted by Gasteiger charge is -2.25. The first-order valence-electron chi connectivity index (χ1n) is 10.7. The van der Waals surface area contributed by atoms with Gasteiger partial charge in [0.25, 0.3) is 11.8 Å². The van der Waals surface area contributed by atoms with Crippen LogP contribution in [-0.4, -0.2) is 54.4 Å². The number of benzene rings is 2. The van der Waals surface area contributed by atoms with Crippen LogP contribution in [-0.2, 0) is 10.2 Å². The summed E-state index contributed by atoms with van der Waals surface area (Å²) in [5.41, 5.74) is 2.60. The van der Waals surface area contributed by atoms with E-state index in [2.05, 4.69) is 26.8 Å². The van der Waals surface area contributed by atoms with Gasteiger partial charge in [0.05, 0.1) is 0 Å². The molecule has 1 heterocycles. The average molecular weight is 427 g/mol. The van der Waals surface area contributed by atoms with Gasteiger partial charge in [0, 0.05) is 31.7 Å². The minimum absolute atomic E-state index is 0.0297. The number of nitrogens with zero attached hydrogens (tertiary/aromatic N) is 2. The zero-order valence-electron chi connectivity index (χ0n) is 18.8. The molecule has 1 saturated heterocycles. The Morgan fingerprint density at radius 2 is 1.61 bits per heavy atom. The van der Waals surface area contributed by atoms with Crippen LogP contribution in [0.1, 0.15) is 48.7 Å². The Balaban J connectivity index is 1.59. The third-order valence-corrected chi connectivity index (χ3v) is 5.52. The maximum atomic E-state index is 13.1. The average Bonchev–Trinajstić information content (AvgIpc) is 2.98. The van der Waals surface area contributed by atoms with Gasteiger partial charge in [-0.05, 0) is 54.7 Å². The van der Waals surface area contributed by atoms with E-state index in [4.69, 9.17) is 4.74 Å². The first-order valence-corrected chi connectivity index (χ1v) is 10.7. The van der Waals surface area contributed by atoms with Crippen molar-refractivity contribution in [1.82, 2.24) is 9.80 Å². The monoisotopic (exact) mass is 426 g/mol. The third kappa shape index (κ3) is 5.84. The summed E-state index contributed by atoms with van der Waals surface area (Å²) < 4.78 is 19.0. The number of aryl methyl sites for hydroxylation is 1. The van der Waals surface area contributed by atoms with Gasteiger partial charge in [0.1, 0.15) is 11.6 Å². The van der Waals surface area contributed by atoms with Crippen molar-refractivity contribution in [2.24, 2.45) is 0 Å². The normalized spacial score (nSPS) is 14.9. The van der Waals surface area contributed by atoms with E-state index in [0.717, 1.165) is 16.9 Å². The van der Waals surface area contributed by atoms with Crippen LogP contribution in [0.25, 0.3) is 0 Å². The van der Waals surface area contributed by atoms with E-state index >= 15 is 0 Å². The highest BCUT2D eigenvalue weighted by molar-refractivity contribution is 5.94. The zero-order chi connectivity index (χ0) is 22.6. The van der Waals surface area contributed by atoms with Gasteiger partial charge in [0.2, 0.25) is 0 Å². The maximum Gasteiger partial charge on any atom is 0.260 e. The Kier molecular flexibility index (Phi) is 6.98. The van der Waals surface area contributed by atoms with Crippen LogP contribution in [0.2, 0.25) is 0 Å². The van der Waals surface area contributed by atoms with Crippen molar-refractivity contribution in [2.75, 3.05) is 32.8 Å². The van der Waals surface area contributed by atoms with E-state index in [-0.39, 0.29) is 29.7 Å². The topological polar surface area (TPSA) is 49.9 Å².